The van der Waals surface area contributed by atoms with Crippen molar-refractivity contribution in [3.05, 3.63) is 35.9 Å². The zero-order chi connectivity index (χ0) is 11.7. The van der Waals surface area contributed by atoms with Crippen molar-refractivity contribution in [2.45, 2.75) is 37.8 Å². The summed E-state index contributed by atoms with van der Waals surface area (Å²) < 4.78 is 0. The Balaban J connectivity index is 1.76. The van der Waals surface area contributed by atoms with Crippen molar-refractivity contribution in [3.63, 3.8) is 0 Å². The van der Waals surface area contributed by atoms with Crippen LogP contribution in [0.1, 0.15) is 37.8 Å². The van der Waals surface area contributed by atoms with Crippen molar-refractivity contribution in [1.29, 1.82) is 0 Å². The second-order valence-electron chi connectivity index (χ2n) is 5.71. The highest BCUT2D eigenvalue weighted by atomic mass is 15.2. The molecule has 1 N–H and O–H groups in total. The van der Waals surface area contributed by atoms with E-state index in [9.17, 15) is 0 Å². The second kappa shape index (κ2) is 4.43. The molecule has 92 valence electrons. The zero-order valence-electron chi connectivity index (χ0n) is 10.7. The molecule has 1 saturated heterocycles. The largest absolute Gasteiger partial charge is 0.309 e. The summed E-state index contributed by atoms with van der Waals surface area (Å²) in [4.78, 5) is 2.70. The first-order valence-corrected chi connectivity index (χ1v) is 6.81. The molecule has 0 aromatic heterocycles. The fourth-order valence-corrected chi connectivity index (χ4v) is 2.82. The van der Waals surface area contributed by atoms with E-state index in [4.69, 9.17) is 0 Å². The van der Waals surface area contributed by atoms with Crippen molar-refractivity contribution in [1.82, 2.24) is 10.2 Å². The van der Waals surface area contributed by atoms with Gasteiger partial charge >= 0.3 is 0 Å². The van der Waals surface area contributed by atoms with Crippen LogP contribution in [0.25, 0.3) is 0 Å². The Bertz CT molecular complexity index is 370. The third-order valence-corrected chi connectivity index (χ3v) is 4.34. The van der Waals surface area contributed by atoms with Gasteiger partial charge in [-0.15, -0.1) is 0 Å². The molecule has 2 fully saturated rings. The molecule has 3 rings (SSSR count). The minimum Gasteiger partial charge on any atom is -0.309 e. The molecule has 1 aromatic rings. The molecular weight excluding hydrogens is 208 g/mol. The molecule has 2 nitrogen and oxygen atoms in total. The molecule has 0 amide bonds. The molecule has 17 heavy (non-hydrogen) atoms. The third-order valence-electron chi connectivity index (χ3n) is 4.34. The summed E-state index contributed by atoms with van der Waals surface area (Å²) in [5.41, 5.74) is 1.95. The van der Waals surface area contributed by atoms with E-state index < -0.39 is 0 Å². The van der Waals surface area contributed by atoms with Gasteiger partial charge in [-0.1, -0.05) is 30.3 Å². The molecule has 0 radical (unpaired) electrons. The van der Waals surface area contributed by atoms with E-state index in [1.165, 1.54) is 37.9 Å². The lowest BCUT2D eigenvalue weighted by molar-refractivity contribution is 0.188. The smallest absolute Gasteiger partial charge is 0.0449 e. The average Bonchev–Trinajstić information content (AvgIpc) is 3.13. The molecule has 2 aliphatic rings. The summed E-state index contributed by atoms with van der Waals surface area (Å²) in [5.74, 6) is 0. The summed E-state index contributed by atoms with van der Waals surface area (Å²) in [5, 5.41) is 3.69. The normalized spacial score (nSPS) is 28.6. The average molecular weight is 230 g/mol. The van der Waals surface area contributed by atoms with Crippen molar-refractivity contribution >= 4 is 0 Å². The van der Waals surface area contributed by atoms with Crippen molar-refractivity contribution < 1.29 is 0 Å². The zero-order valence-corrected chi connectivity index (χ0v) is 10.7. The molecule has 1 saturated carbocycles. The quantitative estimate of drug-likeness (QED) is 0.840. The van der Waals surface area contributed by atoms with E-state index >= 15 is 0 Å². The topological polar surface area (TPSA) is 15.3 Å². The maximum absolute atomic E-state index is 3.69. The summed E-state index contributed by atoms with van der Waals surface area (Å²) in [6.07, 6.45) is 4.04. The van der Waals surface area contributed by atoms with Gasteiger partial charge in [-0.25, -0.2) is 0 Å². The Morgan fingerprint density at radius 3 is 2.71 bits per heavy atom. The van der Waals surface area contributed by atoms with Crippen LogP contribution in [0, 0.1) is 0 Å². The first-order valence-electron chi connectivity index (χ1n) is 6.81. The van der Waals surface area contributed by atoms with Gasteiger partial charge in [-0.3, -0.25) is 4.90 Å². The fourth-order valence-electron chi connectivity index (χ4n) is 2.82. The van der Waals surface area contributed by atoms with Gasteiger partial charge in [0, 0.05) is 18.1 Å². The number of hydrogen-bond acceptors (Lipinski definition) is 2. The van der Waals surface area contributed by atoms with Crippen LogP contribution in [0.2, 0.25) is 0 Å². The molecule has 1 aromatic carbocycles. The summed E-state index contributed by atoms with van der Waals surface area (Å²) >= 11 is 0. The Kier molecular flexibility index (Phi) is 2.93. The highest BCUT2D eigenvalue weighted by Gasteiger charge is 2.43. The maximum Gasteiger partial charge on any atom is 0.0449 e. The SMILES string of the molecule is CC1(N2CCCNC(c3ccccc3)C2)CC1. The highest BCUT2D eigenvalue weighted by Crippen LogP contribution is 2.42. The van der Waals surface area contributed by atoms with E-state index in [1.807, 2.05) is 0 Å². The van der Waals surface area contributed by atoms with Crippen LogP contribution < -0.4 is 5.32 Å². The number of nitrogens with zero attached hydrogens (tertiary/aromatic N) is 1. The molecular formula is C15H22N2. The standard InChI is InChI=1S/C15H22N2/c1-15(8-9-15)17-11-5-10-16-14(12-17)13-6-3-2-4-7-13/h2-4,6-7,14,16H,5,8-12H2,1H3. The van der Waals surface area contributed by atoms with Crippen LogP contribution in [0.4, 0.5) is 0 Å². The molecule has 1 aliphatic heterocycles. The molecule has 1 heterocycles. The molecule has 1 aliphatic carbocycles. The summed E-state index contributed by atoms with van der Waals surface area (Å²) in [7, 11) is 0. The Labute approximate surface area is 104 Å². The number of rotatable bonds is 2. The third kappa shape index (κ3) is 2.38. The lowest BCUT2D eigenvalue weighted by Crippen LogP contribution is -2.39. The Morgan fingerprint density at radius 1 is 1.24 bits per heavy atom. The van der Waals surface area contributed by atoms with Crippen LogP contribution in [-0.4, -0.2) is 30.1 Å². The highest BCUT2D eigenvalue weighted by molar-refractivity contribution is 5.20. The van der Waals surface area contributed by atoms with Gasteiger partial charge in [0.05, 0.1) is 0 Å². The predicted molar refractivity (Wildman–Crippen MR) is 71.0 cm³/mol. The van der Waals surface area contributed by atoms with Gasteiger partial charge in [-0.05, 0) is 44.8 Å². The predicted octanol–water partition coefficient (Wildman–Crippen LogP) is 2.58. The van der Waals surface area contributed by atoms with E-state index in [-0.39, 0.29) is 0 Å². The van der Waals surface area contributed by atoms with E-state index in [1.54, 1.807) is 0 Å². The Morgan fingerprint density at radius 2 is 2.00 bits per heavy atom. The minimum atomic E-state index is 0.510. The van der Waals surface area contributed by atoms with Gasteiger partial charge in [0.1, 0.15) is 0 Å². The van der Waals surface area contributed by atoms with Gasteiger partial charge < -0.3 is 5.32 Å². The maximum atomic E-state index is 3.69. The first-order chi connectivity index (χ1) is 8.28. The van der Waals surface area contributed by atoms with Crippen LogP contribution in [0.5, 0.6) is 0 Å². The number of benzene rings is 1. The number of nitrogens with one attached hydrogen (secondary N) is 1. The van der Waals surface area contributed by atoms with E-state index in [2.05, 4.69) is 47.5 Å². The van der Waals surface area contributed by atoms with Crippen molar-refractivity contribution in [2.75, 3.05) is 19.6 Å². The lowest BCUT2D eigenvalue weighted by Gasteiger charge is -2.30. The first kappa shape index (κ1) is 11.2. The van der Waals surface area contributed by atoms with Gasteiger partial charge in [-0.2, -0.15) is 0 Å². The lowest BCUT2D eigenvalue weighted by atomic mass is 10.1. The van der Waals surface area contributed by atoms with Gasteiger partial charge in [0.25, 0.3) is 0 Å². The molecule has 2 heteroatoms. The van der Waals surface area contributed by atoms with Crippen LogP contribution in [0.15, 0.2) is 30.3 Å². The van der Waals surface area contributed by atoms with Gasteiger partial charge in [0.15, 0.2) is 0 Å². The monoisotopic (exact) mass is 230 g/mol. The van der Waals surface area contributed by atoms with Crippen molar-refractivity contribution in [3.8, 4) is 0 Å². The molecule has 0 spiro atoms. The summed E-state index contributed by atoms with van der Waals surface area (Å²) in [6.45, 7) is 5.99. The number of hydrogen-bond donors (Lipinski definition) is 1. The van der Waals surface area contributed by atoms with Gasteiger partial charge in [0.2, 0.25) is 0 Å². The molecule has 0 bridgehead atoms. The summed E-state index contributed by atoms with van der Waals surface area (Å²) in [6, 6.07) is 11.4. The Hall–Kier alpha value is -0.860. The van der Waals surface area contributed by atoms with Crippen LogP contribution >= 0.6 is 0 Å². The second-order valence-corrected chi connectivity index (χ2v) is 5.71. The minimum absolute atomic E-state index is 0.510. The van der Waals surface area contributed by atoms with Crippen LogP contribution in [0.3, 0.4) is 0 Å². The van der Waals surface area contributed by atoms with Crippen molar-refractivity contribution in [2.24, 2.45) is 0 Å². The van der Waals surface area contributed by atoms with Crippen LogP contribution in [-0.2, 0) is 0 Å². The van der Waals surface area contributed by atoms with E-state index in [0.717, 1.165) is 6.54 Å². The molecule has 1 unspecified atom stereocenters. The molecule has 1 atom stereocenters. The van der Waals surface area contributed by atoms with E-state index in [0.29, 0.717) is 11.6 Å². The fraction of sp³-hybridized carbons (Fsp3) is 0.600.